The first-order valence-corrected chi connectivity index (χ1v) is 10.1. The molecule has 2 aromatic rings. The van der Waals surface area contributed by atoms with Gasteiger partial charge in [0, 0.05) is 25.2 Å². The summed E-state index contributed by atoms with van der Waals surface area (Å²) in [6, 6.07) is 12.0. The summed E-state index contributed by atoms with van der Waals surface area (Å²) in [7, 11) is -0.703. The minimum atomic E-state index is -3.80. The number of amides is 1. The molecule has 27 heavy (non-hydrogen) atoms. The van der Waals surface area contributed by atoms with E-state index in [0.29, 0.717) is 6.54 Å². The Morgan fingerprint density at radius 1 is 1.19 bits per heavy atom. The third-order valence-electron chi connectivity index (χ3n) is 4.11. The number of methoxy groups -OCH3 is 1. The lowest BCUT2D eigenvalue weighted by molar-refractivity contribution is 0.0784. The molecule has 7 heteroatoms. The molecule has 0 fully saturated rings. The Kier molecular flexibility index (Phi) is 6.62. The van der Waals surface area contributed by atoms with E-state index >= 15 is 0 Å². The lowest BCUT2D eigenvalue weighted by Crippen LogP contribution is -2.31. The first-order chi connectivity index (χ1) is 12.7. The van der Waals surface area contributed by atoms with Gasteiger partial charge in [0.1, 0.15) is 10.6 Å². The smallest absolute Gasteiger partial charge is 0.253 e. The Labute approximate surface area is 161 Å². The predicted molar refractivity (Wildman–Crippen MR) is 105 cm³/mol. The summed E-state index contributed by atoms with van der Waals surface area (Å²) in [4.78, 5) is 14.3. The Morgan fingerprint density at radius 2 is 1.85 bits per heavy atom. The summed E-state index contributed by atoms with van der Waals surface area (Å²) in [6.07, 6.45) is 0. The van der Waals surface area contributed by atoms with Gasteiger partial charge in [-0.2, -0.15) is 0 Å². The van der Waals surface area contributed by atoms with Gasteiger partial charge in [-0.3, -0.25) is 4.79 Å². The molecular formula is C20H26N2O4S. The molecule has 0 aliphatic rings. The average Bonchev–Trinajstić information content (AvgIpc) is 2.61. The van der Waals surface area contributed by atoms with E-state index in [1.165, 1.54) is 19.2 Å². The molecular weight excluding hydrogens is 364 g/mol. The normalized spacial score (nSPS) is 11.5. The molecule has 0 aromatic heterocycles. The van der Waals surface area contributed by atoms with Gasteiger partial charge in [0.15, 0.2) is 0 Å². The molecule has 146 valence electrons. The van der Waals surface area contributed by atoms with Crippen molar-refractivity contribution in [1.29, 1.82) is 0 Å². The van der Waals surface area contributed by atoms with Crippen molar-refractivity contribution in [2.45, 2.75) is 38.3 Å². The summed E-state index contributed by atoms with van der Waals surface area (Å²) < 4.78 is 32.9. The van der Waals surface area contributed by atoms with Gasteiger partial charge >= 0.3 is 0 Å². The molecule has 6 nitrogen and oxygen atoms in total. The number of hydrogen-bond donors (Lipinski definition) is 1. The number of sulfonamides is 1. The first kappa shape index (κ1) is 20.9. The Morgan fingerprint density at radius 3 is 2.44 bits per heavy atom. The maximum absolute atomic E-state index is 12.8. The van der Waals surface area contributed by atoms with Crippen LogP contribution in [-0.4, -0.2) is 39.4 Å². The second kappa shape index (κ2) is 8.54. The minimum Gasteiger partial charge on any atom is -0.495 e. The maximum Gasteiger partial charge on any atom is 0.253 e. The number of benzene rings is 2. The fraction of sp³-hybridized carbons (Fsp3) is 0.350. The molecule has 0 saturated heterocycles. The number of hydrogen-bond acceptors (Lipinski definition) is 4. The van der Waals surface area contributed by atoms with Crippen LogP contribution in [-0.2, 0) is 16.6 Å². The largest absolute Gasteiger partial charge is 0.495 e. The fourth-order valence-corrected chi connectivity index (χ4v) is 4.17. The Hall–Kier alpha value is -2.38. The molecule has 0 aliphatic carbocycles. The van der Waals surface area contributed by atoms with Crippen molar-refractivity contribution in [1.82, 2.24) is 9.62 Å². The van der Waals surface area contributed by atoms with E-state index in [4.69, 9.17) is 4.74 Å². The molecule has 0 spiro atoms. The van der Waals surface area contributed by atoms with E-state index in [2.05, 4.69) is 4.72 Å². The second-order valence-corrected chi connectivity index (χ2v) is 8.41. The van der Waals surface area contributed by atoms with Crippen LogP contribution >= 0.6 is 0 Å². The van der Waals surface area contributed by atoms with E-state index in [1.807, 2.05) is 31.2 Å². The predicted octanol–water partition coefficient (Wildman–Crippen LogP) is 2.96. The number of ether oxygens (including phenoxy) is 1. The highest BCUT2D eigenvalue weighted by atomic mass is 32.2. The number of carbonyl (C=O) groups is 1. The highest BCUT2D eigenvalue weighted by molar-refractivity contribution is 7.89. The van der Waals surface area contributed by atoms with Crippen LogP contribution in [0.4, 0.5) is 0 Å². The molecule has 1 N–H and O–H groups in total. The molecule has 0 unspecified atom stereocenters. The fourth-order valence-electron chi connectivity index (χ4n) is 2.73. The lowest BCUT2D eigenvalue weighted by Gasteiger charge is -2.20. The first-order valence-electron chi connectivity index (χ1n) is 8.66. The number of carbonyl (C=O) groups excluding carboxylic acids is 1. The van der Waals surface area contributed by atoms with Gasteiger partial charge in [-0.25, -0.2) is 13.1 Å². The van der Waals surface area contributed by atoms with Gasteiger partial charge in [0.05, 0.1) is 7.11 Å². The number of aryl methyl sites for hydroxylation is 1. The molecule has 0 radical (unpaired) electrons. The molecule has 0 heterocycles. The number of nitrogens with zero attached hydrogens (tertiary/aromatic N) is 1. The zero-order valence-corrected chi connectivity index (χ0v) is 17.1. The standard InChI is InChI=1S/C20H26N2O4S/c1-14(2)21-27(24,25)19-12-16(10-11-18(19)26-5)20(23)22(4)13-17-9-7-6-8-15(17)3/h6-12,14,21H,13H2,1-5H3. The third-order valence-corrected chi connectivity index (χ3v) is 5.79. The molecule has 2 rings (SSSR count). The highest BCUT2D eigenvalue weighted by Crippen LogP contribution is 2.26. The SMILES string of the molecule is COc1ccc(C(=O)N(C)Cc2ccccc2C)cc1S(=O)(=O)NC(C)C. The van der Waals surface area contributed by atoms with Crippen molar-refractivity contribution in [2.75, 3.05) is 14.2 Å². The Balaban J connectivity index is 2.34. The summed E-state index contributed by atoms with van der Waals surface area (Å²) in [5.41, 5.74) is 2.42. The quantitative estimate of drug-likeness (QED) is 0.789. The average molecular weight is 391 g/mol. The molecule has 1 amide bonds. The maximum atomic E-state index is 12.8. The summed E-state index contributed by atoms with van der Waals surface area (Å²) in [5, 5.41) is 0. The van der Waals surface area contributed by atoms with E-state index in [9.17, 15) is 13.2 Å². The van der Waals surface area contributed by atoms with Crippen molar-refractivity contribution in [3.8, 4) is 5.75 Å². The van der Waals surface area contributed by atoms with Crippen molar-refractivity contribution in [3.63, 3.8) is 0 Å². The van der Waals surface area contributed by atoms with Crippen molar-refractivity contribution < 1.29 is 17.9 Å². The number of nitrogens with one attached hydrogen (secondary N) is 1. The van der Waals surface area contributed by atoms with Crippen LogP contribution in [0.1, 0.15) is 35.3 Å². The monoisotopic (exact) mass is 390 g/mol. The van der Waals surface area contributed by atoms with Crippen LogP contribution in [0, 0.1) is 6.92 Å². The van der Waals surface area contributed by atoms with E-state index in [-0.39, 0.29) is 28.2 Å². The zero-order chi connectivity index (χ0) is 20.2. The molecule has 2 aromatic carbocycles. The number of rotatable bonds is 7. The van der Waals surface area contributed by atoms with Gasteiger partial charge in [-0.15, -0.1) is 0 Å². The summed E-state index contributed by atoms with van der Waals surface area (Å²) in [6.45, 7) is 5.89. The van der Waals surface area contributed by atoms with Crippen LogP contribution in [0.25, 0.3) is 0 Å². The minimum absolute atomic E-state index is 0.0474. The molecule has 0 saturated carbocycles. The topological polar surface area (TPSA) is 75.7 Å². The second-order valence-electron chi connectivity index (χ2n) is 6.73. The van der Waals surface area contributed by atoms with E-state index in [0.717, 1.165) is 11.1 Å². The van der Waals surface area contributed by atoms with Crippen LogP contribution in [0.5, 0.6) is 5.75 Å². The van der Waals surface area contributed by atoms with Gasteiger partial charge < -0.3 is 9.64 Å². The van der Waals surface area contributed by atoms with Crippen molar-refractivity contribution >= 4 is 15.9 Å². The Bertz CT molecular complexity index is 923. The van der Waals surface area contributed by atoms with Gasteiger partial charge in [-0.1, -0.05) is 24.3 Å². The van der Waals surface area contributed by atoms with Gasteiger partial charge in [-0.05, 0) is 50.1 Å². The van der Waals surface area contributed by atoms with Crippen molar-refractivity contribution in [3.05, 3.63) is 59.2 Å². The molecule has 0 bridgehead atoms. The highest BCUT2D eigenvalue weighted by Gasteiger charge is 2.23. The molecule has 0 aliphatic heterocycles. The summed E-state index contributed by atoms with van der Waals surface area (Å²) in [5.74, 6) is -0.0665. The molecule has 0 atom stereocenters. The zero-order valence-electron chi connectivity index (χ0n) is 16.3. The summed E-state index contributed by atoms with van der Waals surface area (Å²) >= 11 is 0. The van der Waals surface area contributed by atoms with Crippen LogP contribution in [0.3, 0.4) is 0 Å². The third kappa shape index (κ3) is 5.08. The van der Waals surface area contributed by atoms with Crippen LogP contribution in [0.15, 0.2) is 47.4 Å². The van der Waals surface area contributed by atoms with Crippen LogP contribution in [0.2, 0.25) is 0 Å². The van der Waals surface area contributed by atoms with Crippen LogP contribution < -0.4 is 9.46 Å². The van der Waals surface area contributed by atoms with Gasteiger partial charge in [0.25, 0.3) is 5.91 Å². The lowest BCUT2D eigenvalue weighted by atomic mass is 10.1. The van der Waals surface area contributed by atoms with E-state index < -0.39 is 10.0 Å². The van der Waals surface area contributed by atoms with Crippen molar-refractivity contribution in [2.24, 2.45) is 0 Å². The van der Waals surface area contributed by atoms with Gasteiger partial charge in [0.2, 0.25) is 10.0 Å². The van der Waals surface area contributed by atoms with E-state index in [1.54, 1.807) is 31.9 Å².